The minimum absolute atomic E-state index is 0.0777. The summed E-state index contributed by atoms with van der Waals surface area (Å²) in [6.45, 7) is 0. The van der Waals surface area contributed by atoms with Crippen molar-refractivity contribution in [1.29, 1.82) is 0 Å². The average molecular weight is 330 g/mol. The van der Waals surface area contributed by atoms with Crippen LogP contribution in [0.5, 0.6) is 0 Å². The van der Waals surface area contributed by atoms with Crippen molar-refractivity contribution in [2.24, 2.45) is 0 Å². The van der Waals surface area contributed by atoms with Crippen molar-refractivity contribution < 1.29 is 9.50 Å². The van der Waals surface area contributed by atoms with Gasteiger partial charge in [0.1, 0.15) is 5.82 Å². The highest BCUT2D eigenvalue weighted by atomic mass is 79.9. The van der Waals surface area contributed by atoms with Gasteiger partial charge in [0.2, 0.25) is 0 Å². The molecule has 0 radical (unpaired) electrons. The van der Waals surface area contributed by atoms with Crippen LogP contribution in [0.2, 0.25) is 5.02 Å². The fourth-order valence-electron chi connectivity index (χ4n) is 1.75. The molecule has 4 heteroatoms. The van der Waals surface area contributed by atoms with Gasteiger partial charge >= 0.3 is 0 Å². The van der Waals surface area contributed by atoms with Crippen LogP contribution in [0.1, 0.15) is 17.2 Å². The summed E-state index contributed by atoms with van der Waals surface area (Å²) in [5.41, 5.74) is 1.15. The van der Waals surface area contributed by atoms with E-state index in [-0.39, 0.29) is 11.4 Å². The first-order valence-electron chi connectivity index (χ1n) is 5.44. The third kappa shape index (κ3) is 3.10. The Bertz CT molecular complexity index is 559. The molecule has 0 bridgehead atoms. The third-order valence-corrected chi connectivity index (χ3v) is 3.46. The Morgan fingerprint density at radius 1 is 1.22 bits per heavy atom. The zero-order valence-electron chi connectivity index (χ0n) is 9.41. The van der Waals surface area contributed by atoms with Crippen molar-refractivity contribution in [3.8, 4) is 0 Å². The number of hydrogen-bond acceptors (Lipinski definition) is 1. The molecule has 0 spiro atoms. The highest BCUT2D eigenvalue weighted by Gasteiger charge is 2.13. The van der Waals surface area contributed by atoms with Crippen LogP contribution >= 0.6 is 27.5 Å². The first-order valence-corrected chi connectivity index (χ1v) is 6.61. The maximum absolute atomic E-state index is 13.7. The van der Waals surface area contributed by atoms with Gasteiger partial charge in [-0.3, -0.25) is 0 Å². The van der Waals surface area contributed by atoms with Gasteiger partial charge in [-0.2, -0.15) is 0 Å². The van der Waals surface area contributed by atoms with Crippen molar-refractivity contribution >= 4 is 27.5 Å². The van der Waals surface area contributed by atoms with E-state index in [0.29, 0.717) is 5.56 Å². The van der Waals surface area contributed by atoms with Crippen LogP contribution in [0.3, 0.4) is 0 Å². The number of aliphatic hydroxyl groups excluding tert-OH is 1. The zero-order valence-corrected chi connectivity index (χ0v) is 11.7. The van der Waals surface area contributed by atoms with Crippen molar-refractivity contribution in [3.63, 3.8) is 0 Å². The molecule has 0 aliphatic carbocycles. The van der Waals surface area contributed by atoms with E-state index in [0.717, 1.165) is 10.0 Å². The lowest BCUT2D eigenvalue weighted by molar-refractivity contribution is 0.177. The lowest BCUT2D eigenvalue weighted by Gasteiger charge is -2.12. The molecule has 0 fully saturated rings. The second-order valence-corrected chi connectivity index (χ2v) is 5.31. The van der Waals surface area contributed by atoms with Crippen molar-refractivity contribution in [1.82, 2.24) is 0 Å². The Labute approximate surface area is 118 Å². The van der Waals surface area contributed by atoms with Gasteiger partial charge < -0.3 is 5.11 Å². The molecule has 2 rings (SSSR count). The Hall–Kier alpha value is -0.900. The van der Waals surface area contributed by atoms with E-state index >= 15 is 0 Å². The normalized spacial score (nSPS) is 12.4. The second-order valence-electron chi connectivity index (χ2n) is 3.99. The topological polar surface area (TPSA) is 20.2 Å². The lowest BCUT2D eigenvalue weighted by Crippen LogP contribution is -2.03. The molecule has 0 amide bonds. The van der Waals surface area contributed by atoms with Crippen molar-refractivity contribution in [2.45, 2.75) is 12.5 Å². The van der Waals surface area contributed by atoms with Crippen molar-refractivity contribution in [2.75, 3.05) is 0 Å². The first-order chi connectivity index (χ1) is 8.58. The van der Waals surface area contributed by atoms with E-state index in [2.05, 4.69) is 15.9 Å². The summed E-state index contributed by atoms with van der Waals surface area (Å²) in [6, 6.07) is 12.1. The number of benzene rings is 2. The van der Waals surface area contributed by atoms with Crippen LogP contribution < -0.4 is 0 Å². The molecule has 94 valence electrons. The van der Waals surface area contributed by atoms with Gasteiger partial charge in [0.15, 0.2) is 0 Å². The van der Waals surface area contributed by atoms with Crippen molar-refractivity contribution in [3.05, 3.63) is 68.9 Å². The molecule has 0 aliphatic heterocycles. The van der Waals surface area contributed by atoms with E-state index < -0.39 is 11.9 Å². The van der Waals surface area contributed by atoms with Crippen LogP contribution in [0.25, 0.3) is 0 Å². The molecule has 0 saturated carbocycles. The van der Waals surface area contributed by atoms with E-state index in [1.165, 1.54) is 6.07 Å². The van der Waals surface area contributed by atoms with Gasteiger partial charge in [-0.05, 0) is 29.3 Å². The summed E-state index contributed by atoms with van der Waals surface area (Å²) in [6.07, 6.45) is -0.557. The molecule has 1 nitrogen and oxygen atoms in total. The molecule has 0 aromatic heterocycles. The minimum atomic E-state index is -0.754. The molecular weight excluding hydrogens is 319 g/mol. The maximum atomic E-state index is 13.7. The quantitative estimate of drug-likeness (QED) is 0.878. The Morgan fingerprint density at radius 2 is 1.94 bits per heavy atom. The van der Waals surface area contributed by atoms with Gasteiger partial charge in [-0.1, -0.05) is 51.8 Å². The summed E-state index contributed by atoms with van der Waals surface area (Å²) in [5.74, 6) is -0.465. The Morgan fingerprint density at radius 3 is 2.67 bits per heavy atom. The first kappa shape index (κ1) is 13.5. The van der Waals surface area contributed by atoms with Crippen LogP contribution in [-0.4, -0.2) is 5.11 Å². The summed E-state index contributed by atoms with van der Waals surface area (Å²) >= 11 is 9.04. The van der Waals surface area contributed by atoms with Crippen LogP contribution in [0.15, 0.2) is 46.9 Å². The SMILES string of the molecule is OC(Cc1cccc(Cl)c1F)c1cccc(Br)c1. The molecule has 1 unspecified atom stereocenters. The summed E-state index contributed by atoms with van der Waals surface area (Å²) in [4.78, 5) is 0. The van der Waals surface area contributed by atoms with Gasteiger partial charge in [-0.15, -0.1) is 0 Å². The fraction of sp³-hybridized carbons (Fsp3) is 0.143. The third-order valence-electron chi connectivity index (χ3n) is 2.68. The molecule has 0 saturated heterocycles. The standard InChI is InChI=1S/C14H11BrClFO/c15-11-5-1-3-9(7-11)13(18)8-10-4-2-6-12(16)14(10)17/h1-7,13,18H,8H2. The lowest BCUT2D eigenvalue weighted by atomic mass is 10.0. The summed E-state index contributed by atoms with van der Waals surface area (Å²) < 4.78 is 14.6. The monoisotopic (exact) mass is 328 g/mol. The molecule has 1 atom stereocenters. The highest BCUT2D eigenvalue weighted by molar-refractivity contribution is 9.10. The maximum Gasteiger partial charge on any atom is 0.145 e. The molecule has 18 heavy (non-hydrogen) atoms. The van der Waals surface area contributed by atoms with Gasteiger partial charge in [0, 0.05) is 10.9 Å². The van der Waals surface area contributed by atoms with Gasteiger partial charge in [-0.25, -0.2) is 4.39 Å². The van der Waals surface area contributed by atoms with Crippen LogP contribution in [0.4, 0.5) is 4.39 Å². The smallest absolute Gasteiger partial charge is 0.145 e. The molecule has 0 heterocycles. The number of aliphatic hydroxyl groups is 1. The molecule has 2 aromatic rings. The summed E-state index contributed by atoms with van der Waals surface area (Å²) in [5, 5.41) is 10.2. The number of rotatable bonds is 3. The second kappa shape index (κ2) is 5.83. The summed E-state index contributed by atoms with van der Waals surface area (Å²) in [7, 11) is 0. The van der Waals surface area contributed by atoms with Crippen LogP contribution in [-0.2, 0) is 6.42 Å². The zero-order chi connectivity index (χ0) is 13.1. The van der Waals surface area contributed by atoms with E-state index in [1.54, 1.807) is 18.2 Å². The molecular formula is C14H11BrClFO. The van der Waals surface area contributed by atoms with Gasteiger partial charge in [0.25, 0.3) is 0 Å². The van der Waals surface area contributed by atoms with Gasteiger partial charge in [0.05, 0.1) is 11.1 Å². The number of halogens is 3. The fourth-order valence-corrected chi connectivity index (χ4v) is 2.36. The minimum Gasteiger partial charge on any atom is -0.388 e. The highest BCUT2D eigenvalue weighted by Crippen LogP contribution is 2.25. The molecule has 1 N–H and O–H groups in total. The van der Waals surface area contributed by atoms with E-state index in [9.17, 15) is 9.50 Å². The molecule has 2 aromatic carbocycles. The Kier molecular flexibility index (Phi) is 4.38. The van der Waals surface area contributed by atoms with Crippen LogP contribution in [0, 0.1) is 5.82 Å². The predicted molar refractivity (Wildman–Crippen MR) is 74.2 cm³/mol. The average Bonchev–Trinajstić information content (AvgIpc) is 2.35. The Balaban J connectivity index is 2.21. The van der Waals surface area contributed by atoms with E-state index in [1.807, 2.05) is 18.2 Å². The molecule has 0 aliphatic rings. The largest absolute Gasteiger partial charge is 0.388 e. The number of hydrogen-bond donors (Lipinski definition) is 1. The predicted octanol–water partition coefficient (Wildman–Crippen LogP) is 4.52. The van der Waals surface area contributed by atoms with E-state index in [4.69, 9.17) is 11.6 Å².